The molecule has 1 aromatic rings. The van der Waals surface area contributed by atoms with Gasteiger partial charge in [-0.2, -0.15) is 0 Å². The molecule has 0 amide bonds. The largest absolute Gasteiger partial charge is 0.480 e. The summed E-state index contributed by atoms with van der Waals surface area (Å²) >= 11 is 3.18. The van der Waals surface area contributed by atoms with E-state index in [9.17, 15) is 14.9 Å². The lowest BCUT2D eigenvalue weighted by molar-refractivity contribution is -0.384. The second kappa shape index (κ2) is 4.93. The second-order valence-corrected chi connectivity index (χ2v) is 3.98. The van der Waals surface area contributed by atoms with Crippen LogP contribution in [-0.4, -0.2) is 22.0 Å². The predicted octanol–water partition coefficient (Wildman–Crippen LogP) is 2.24. The molecule has 0 fully saturated rings. The van der Waals surface area contributed by atoms with Crippen LogP contribution in [-0.2, 0) is 4.79 Å². The summed E-state index contributed by atoms with van der Waals surface area (Å²) in [6, 6.07) is 3.29. The van der Waals surface area contributed by atoms with Crippen molar-refractivity contribution in [2.75, 3.05) is 5.32 Å². The van der Waals surface area contributed by atoms with Gasteiger partial charge in [0, 0.05) is 16.6 Å². The number of carbonyl (C=O) groups is 1. The van der Waals surface area contributed by atoms with Crippen LogP contribution in [0.2, 0.25) is 0 Å². The zero-order chi connectivity index (χ0) is 12.3. The molecule has 2 N–H and O–H groups in total. The number of carboxylic acid groups (broad SMARTS) is 1. The molecule has 1 atom stereocenters. The Morgan fingerprint density at radius 3 is 2.75 bits per heavy atom. The quantitative estimate of drug-likeness (QED) is 0.655. The standard InChI is InChI=1S/C9H9BrN2O4/c1-5(9(13)14)11-8-4-6(12(15)16)2-3-7(8)10/h2-5,11H,1H3,(H,13,14). The highest BCUT2D eigenvalue weighted by Gasteiger charge is 2.14. The van der Waals surface area contributed by atoms with Crippen molar-refractivity contribution in [1.82, 2.24) is 0 Å². The number of carboxylic acids is 1. The number of non-ortho nitro benzene ring substituents is 1. The van der Waals surface area contributed by atoms with Crippen LogP contribution in [0.3, 0.4) is 0 Å². The minimum absolute atomic E-state index is 0.0942. The van der Waals surface area contributed by atoms with E-state index in [1.165, 1.54) is 25.1 Å². The third-order valence-electron chi connectivity index (χ3n) is 1.90. The van der Waals surface area contributed by atoms with Gasteiger partial charge in [-0.1, -0.05) is 0 Å². The first-order valence-electron chi connectivity index (χ1n) is 4.35. The van der Waals surface area contributed by atoms with E-state index in [-0.39, 0.29) is 5.69 Å². The van der Waals surface area contributed by atoms with Crippen LogP contribution in [0.5, 0.6) is 0 Å². The van der Waals surface area contributed by atoms with Crippen LogP contribution in [0, 0.1) is 10.1 Å². The van der Waals surface area contributed by atoms with Crippen molar-refractivity contribution >= 4 is 33.3 Å². The molecule has 1 aromatic carbocycles. The van der Waals surface area contributed by atoms with E-state index in [1.807, 2.05) is 0 Å². The Kier molecular flexibility index (Phi) is 3.83. The van der Waals surface area contributed by atoms with E-state index in [4.69, 9.17) is 5.11 Å². The topological polar surface area (TPSA) is 92.5 Å². The molecule has 0 bridgehead atoms. The molecular formula is C9H9BrN2O4. The van der Waals surface area contributed by atoms with Crippen molar-refractivity contribution in [3.05, 3.63) is 32.8 Å². The number of nitrogens with zero attached hydrogens (tertiary/aromatic N) is 1. The van der Waals surface area contributed by atoms with E-state index in [2.05, 4.69) is 21.2 Å². The van der Waals surface area contributed by atoms with Gasteiger partial charge in [0.2, 0.25) is 0 Å². The molecule has 0 aromatic heterocycles. The maximum absolute atomic E-state index is 10.6. The van der Waals surface area contributed by atoms with Crippen molar-refractivity contribution in [1.29, 1.82) is 0 Å². The average molecular weight is 289 g/mol. The molecule has 0 saturated heterocycles. The van der Waals surface area contributed by atoms with Gasteiger partial charge in [0.25, 0.3) is 5.69 Å². The molecule has 7 heteroatoms. The Balaban J connectivity index is 2.98. The van der Waals surface area contributed by atoms with Gasteiger partial charge in [-0.15, -0.1) is 0 Å². The molecule has 0 aliphatic rings. The van der Waals surface area contributed by atoms with Crippen molar-refractivity contribution in [2.24, 2.45) is 0 Å². The minimum atomic E-state index is -1.03. The molecular weight excluding hydrogens is 280 g/mol. The van der Waals surface area contributed by atoms with Gasteiger partial charge in [-0.05, 0) is 28.9 Å². The number of nitro benzene ring substituents is 1. The monoisotopic (exact) mass is 288 g/mol. The summed E-state index contributed by atoms with van der Waals surface area (Å²) in [5.41, 5.74) is 0.285. The number of benzene rings is 1. The number of rotatable bonds is 4. The third kappa shape index (κ3) is 2.93. The molecule has 16 heavy (non-hydrogen) atoms. The molecule has 0 spiro atoms. The normalized spacial score (nSPS) is 11.9. The molecule has 86 valence electrons. The Morgan fingerprint density at radius 1 is 1.62 bits per heavy atom. The zero-order valence-corrected chi connectivity index (χ0v) is 9.89. The van der Waals surface area contributed by atoms with Crippen molar-refractivity contribution < 1.29 is 14.8 Å². The molecule has 0 aliphatic carbocycles. The molecule has 0 heterocycles. The van der Waals surface area contributed by atoms with Crippen LogP contribution in [0.25, 0.3) is 0 Å². The van der Waals surface area contributed by atoms with E-state index >= 15 is 0 Å². The number of hydrogen-bond acceptors (Lipinski definition) is 4. The number of nitrogens with one attached hydrogen (secondary N) is 1. The minimum Gasteiger partial charge on any atom is -0.480 e. The van der Waals surface area contributed by atoms with Gasteiger partial charge in [0.05, 0.1) is 10.6 Å². The van der Waals surface area contributed by atoms with Crippen molar-refractivity contribution in [2.45, 2.75) is 13.0 Å². The molecule has 6 nitrogen and oxygen atoms in total. The van der Waals surface area contributed by atoms with Crippen LogP contribution in [0.4, 0.5) is 11.4 Å². The highest BCUT2D eigenvalue weighted by Crippen LogP contribution is 2.27. The molecule has 0 aliphatic heterocycles. The predicted molar refractivity (Wildman–Crippen MR) is 61.5 cm³/mol. The fraction of sp³-hybridized carbons (Fsp3) is 0.222. The number of anilines is 1. The number of nitro groups is 1. The highest BCUT2D eigenvalue weighted by atomic mass is 79.9. The smallest absolute Gasteiger partial charge is 0.325 e. The fourth-order valence-electron chi connectivity index (χ4n) is 1.03. The van der Waals surface area contributed by atoms with Gasteiger partial charge in [0.1, 0.15) is 6.04 Å². The van der Waals surface area contributed by atoms with Gasteiger partial charge in [-0.3, -0.25) is 14.9 Å². The lowest BCUT2D eigenvalue weighted by Gasteiger charge is -2.11. The highest BCUT2D eigenvalue weighted by molar-refractivity contribution is 9.10. The summed E-state index contributed by atoms with van der Waals surface area (Å²) in [5, 5.41) is 21.9. The molecule has 0 radical (unpaired) electrons. The van der Waals surface area contributed by atoms with Gasteiger partial charge in [0.15, 0.2) is 0 Å². The third-order valence-corrected chi connectivity index (χ3v) is 2.59. The Labute approximate surface area is 99.6 Å². The van der Waals surface area contributed by atoms with E-state index in [0.717, 1.165) is 0 Å². The molecule has 1 rings (SSSR count). The van der Waals surface area contributed by atoms with Crippen molar-refractivity contribution in [3.8, 4) is 0 Å². The molecule has 1 unspecified atom stereocenters. The Morgan fingerprint density at radius 2 is 2.25 bits per heavy atom. The van der Waals surface area contributed by atoms with Gasteiger partial charge < -0.3 is 10.4 Å². The second-order valence-electron chi connectivity index (χ2n) is 3.13. The lowest BCUT2D eigenvalue weighted by Crippen LogP contribution is -2.25. The Hall–Kier alpha value is -1.63. The Bertz CT molecular complexity index is 436. The SMILES string of the molecule is CC(Nc1cc([N+](=O)[O-])ccc1Br)C(=O)O. The van der Waals surface area contributed by atoms with Gasteiger partial charge >= 0.3 is 5.97 Å². The van der Waals surface area contributed by atoms with E-state index < -0.39 is 16.9 Å². The first-order chi connectivity index (χ1) is 7.41. The van der Waals surface area contributed by atoms with Crippen LogP contribution in [0.15, 0.2) is 22.7 Å². The fourth-order valence-corrected chi connectivity index (χ4v) is 1.39. The average Bonchev–Trinajstić information content (AvgIpc) is 2.20. The maximum atomic E-state index is 10.6. The summed E-state index contributed by atoms with van der Waals surface area (Å²) in [6.07, 6.45) is 0. The summed E-state index contributed by atoms with van der Waals surface area (Å²) in [5.74, 6) is -1.03. The summed E-state index contributed by atoms with van der Waals surface area (Å²) < 4.78 is 0.575. The maximum Gasteiger partial charge on any atom is 0.325 e. The van der Waals surface area contributed by atoms with Crippen LogP contribution < -0.4 is 5.32 Å². The lowest BCUT2D eigenvalue weighted by atomic mass is 10.2. The van der Waals surface area contributed by atoms with E-state index in [0.29, 0.717) is 10.2 Å². The summed E-state index contributed by atoms with van der Waals surface area (Å²) in [6.45, 7) is 1.45. The van der Waals surface area contributed by atoms with Crippen molar-refractivity contribution in [3.63, 3.8) is 0 Å². The van der Waals surface area contributed by atoms with Crippen LogP contribution in [0.1, 0.15) is 6.92 Å². The number of aliphatic carboxylic acids is 1. The number of hydrogen-bond donors (Lipinski definition) is 2. The van der Waals surface area contributed by atoms with E-state index in [1.54, 1.807) is 0 Å². The summed E-state index contributed by atoms with van der Waals surface area (Å²) in [7, 11) is 0. The first-order valence-corrected chi connectivity index (χ1v) is 5.14. The summed E-state index contributed by atoms with van der Waals surface area (Å²) in [4.78, 5) is 20.6. The zero-order valence-electron chi connectivity index (χ0n) is 8.31. The van der Waals surface area contributed by atoms with Gasteiger partial charge in [-0.25, -0.2) is 0 Å². The molecule has 0 saturated carbocycles. The number of halogens is 1. The first kappa shape index (κ1) is 12.4. The van der Waals surface area contributed by atoms with Crippen LogP contribution >= 0.6 is 15.9 Å².